The zero-order chi connectivity index (χ0) is 8.10. The first-order valence-corrected chi connectivity index (χ1v) is 4.37. The van der Waals surface area contributed by atoms with Gasteiger partial charge in [0.1, 0.15) is 0 Å². The molecule has 0 aliphatic carbocycles. The molecule has 11 heavy (non-hydrogen) atoms. The molecule has 0 spiro atoms. The lowest BCUT2D eigenvalue weighted by atomic mass is 10.2. The molecule has 1 fully saturated rings. The van der Waals surface area contributed by atoms with Gasteiger partial charge in [-0.1, -0.05) is 6.92 Å². The quantitative estimate of drug-likeness (QED) is 0.582. The van der Waals surface area contributed by atoms with Gasteiger partial charge >= 0.3 is 0 Å². The zero-order valence-corrected chi connectivity index (χ0v) is 7.21. The first kappa shape index (κ1) is 8.97. The van der Waals surface area contributed by atoms with Crippen molar-refractivity contribution in [3.8, 4) is 0 Å². The molecule has 1 rings (SSSR count). The minimum absolute atomic E-state index is 0.309. The predicted octanol–water partition coefficient (Wildman–Crippen LogP) is -0.480. The highest BCUT2D eigenvalue weighted by molar-refractivity contribution is 4.69. The molecule has 1 aliphatic heterocycles. The third-order valence-corrected chi connectivity index (χ3v) is 2.09. The van der Waals surface area contributed by atoms with Crippen LogP contribution in [0.15, 0.2) is 0 Å². The molecular formula is C8H18N2O. The van der Waals surface area contributed by atoms with E-state index in [1.807, 2.05) is 0 Å². The maximum absolute atomic E-state index is 8.82. The van der Waals surface area contributed by atoms with Crippen LogP contribution in [-0.4, -0.2) is 49.3 Å². The van der Waals surface area contributed by atoms with Crippen molar-refractivity contribution in [3.05, 3.63) is 0 Å². The highest BCUT2D eigenvalue weighted by atomic mass is 16.3. The minimum atomic E-state index is 0.309. The van der Waals surface area contributed by atoms with Gasteiger partial charge in [0, 0.05) is 39.3 Å². The van der Waals surface area contributed by atoms with E-state index >= 15 is 0 Å². The smallest absolute Gasteiger partial charge is 0.0468 e. The second kappa shape index (κ2) is 4.70. The van der Waals surface area contributed by atoms with Crippen molar-refractivity contribution >= 4 is 0 Å². The summed E-state index contributed by atoms with van der Waals surface area (Å²) in [7, 11) is 0. The van der Waals surface area contributed by atoms with E-state index in [4.69, 9.17) is 5.11 Å². The maximum Gasteiger partial charge on any atom is 0.0468 e. The van der Waals surface area contributed by atoms with Gasteiger partial charge in [0.05, 0.1) is 0 Å². The molecule has 0 radical (unpaired) electrons. The summed E-state index contributed by atoms with van der Waals surface area (Å²) in [6, 6.07) is 0. The van der Waals surface area contributed by atoms with Gasteiger partial charge in [0.25, 0.3) is 0 Å². The Hall–Kier alpha value is -0.120. The van der Waals surface area contributed by atoms with Crippen molar-refractivity contribution < 1.29 is 5.11 Å². The molecular weight excluding hydrogens is 140 g/mol. The van der Waals surface area contributed by atoms with Crippen molar-refractivity contribution in [2.24, 2.45) is 5.92 Å². The SMILES string of the molecule is CC(CO)CN1CCNCC1. The summed E-state index contributed by atoms with van der Waals surface area (Å²) in [4.78, 5) is 2.40. The summed E-state index contributed by atoms with van der Waals surface area (Å²) in [5, 5.41) is 12.1. The predicted molar refractivity (Wildman–Crippen MR) is 45.6 cm³/mol. The lowest BCUT2D eigenvalue weighted by Crippen LogP contribution is -2.45. The van der Waals surface area contributed by atoms with Crippen molar-refractivity contribution in [2.75, 3.05) is 39.3 Å². The van der Waals surface area contributed by atoms with Crippen LogP contribution in [0.3, 0.4) is 0 Å². The van der Waals surface area contributed by atoms with Crippen LogP contribution in [-0.2, 0) is 0 Å². The molecule has 1 atom stereocenters. The van der Waals surface area contributed by atoms with E-state index in [1.165, 1.54) is 0 Å². The second-order valence-corrected chi connectivity index (χ2v) is 3.34. The molecule has 2 N–H and O–H groups in total. The third kappa shape index (κ3) is 3.18. The maximum atomic E-state index is 8.82. The van der Waals surface area contributed by atoms with Crippen LogP contribution in [0.25, 0.3) is 0 Å². The average Bonchev–Trinajstić information content (AvgIpc) is 2.06. The largest absolute Gasteiger partial charge is 0.396 e. The summed E-state index contributed by atoms with van der Waals surface area (Å²) < 4.78 is 0. The van der Waals surface area contributed by atoms with E-state index in [0.29, 0.717) is 12.5 Å². The Bertz CT molecular complexity index is 102. The first-order chi connectivity index (χ1) is 5.33. The van der Waals surface area contributed by atoms with Crippen LogP contribution in [0.2, 0.25) is 0 Å². The Balaban J connectivity index is 2.13. The highest BCUT2D eigenvalue weighted by Crippen LogP contribution is 1.99. The van der Waals surface area contributed by atoms with Crippen LogP contribution < -0.4 is 5.32 Å². The number of hydrogen-bond acceptors (Lipinski definition) is 3. The van der Waals surface area contributed by atoms with Gasteiger partial charge in [0.2, 0.25) is 0 Å². The monoisotopic (exact) mass is 158 g/mol. The molecule has 3 nitrogen and oxygen atoms in total. The Morgan fingerprint density at radius 1 is 1.45 bits per heavy atom. The lowest BCUT2D eigenvalue weighted by molar-refractivity contribution is 0.161. The standard InChI is InChI=1S/C8H18N2O/c1-8(7-11)6-10-4-2-9-3-5-10/h8-9,11H,2-7H2,1H3. The molecule has 3 heteroatoms. The van der Waals surface area contributed by atoms with Gasteiger partial charge in [-0.25, -0.2) is 0 Å². The van der Waals surface area contributed by atoms with E-state index in [9.17, 15) is 0 Å². The van der Waals surface area contributed by atoms with Gasteiger partial charge in [-0.2, -0.15) is 0 Å². The van der Waals surface area contributed by atoms with Crippen LogP contribution >= 0.6 is 0 Å². The van der Waals surface area contributed by atoms with E-state index in [1.54, 1.807) is 0 Å². The van der Waals surface area contributed by atoms with Crippen molar-refractivity contribution in [3.63, 3.8) is 0 Å². The molecule has 1 heterocycles. The third-order valence-electron chi connectivity index (χ3n) is 2.09. The topological polar surface area (TPSA) is 35.5 Å². The van der Waals surface area contributed by atoms with Crippen LogP contribution in [0, 0.1) is 5.92 Å². The number of piperazine rings is 1. The number of nitrogens with one attached hydrogen (secondary N) is 1. The zero-order valence-electron chi connectivity index (χ0n) is 7.21. The molecule has 66 valence electrons. The summed E-state index contributed by atoms with van der Waals surface area (Å²) >= 11 is 0. The molecule has 0 amide bonds. The molecule has 0 bridgehead atoms. The van der Waals surface area contributed by atoms with Crippen molar-refractivity contribution in [2.45, 2.75) is 6.92 Å². The number of nitrogens with zero attached hydrogens (tertiary/aromatic N) is 1. The summed E-state index contributed by atoms with van der Waals surface area (Å²) in [6.07, 6.45) is 0. The fraction of sp³-hybridized carbons (Fsp3) is 1.00. The van der Waals surface area contributed by atoms with E-state index < -0.39 is 0 Å². The van der Waals surface area contributed by atoms with E-state index in [-0.39, 0.29) is 0 Å². The first-order valence-electron chi connectivity index (χ1n) is 4.37. The van der Waals surface area contributed by atoms with Crippen molar-refractivity contribution in [1.82, 2.24) is 10.2 Å². The Morgan fingerprint density at radius 2 is 2.09 bits per heavy atom. The number of aliphatic hydroxyl groups excluding tert-OH is 1. The molecule has 1 unspecified atom stereocenters. The number of hydrogen-bond donors (Lipinski definition) is 2. The van der Waals surface area contributed by atoms with Gasteiger partial charge in [-0.05, 0) is 5.92 Å². The summed E-state index contributed by atoms with van der Waals surface area (Å²) in [5.41, 5.74) is 0. The molecule has 0 saturated carbocycles. The van der Waals surface area contributed by atoms with Gasteiger partial charge < -0.3 is 15.3 Å². The Labute approximate surface area is 68.4 Å². The lowest BCUT2D eigenvalue weighted by Gasteiger charge is -2.28. The Morgan fingerprint density at radius 3 is 2.64 bits per heavy atom. The molecule has 0 aromatic carbocycles. The molecule has 1 aliphatic rings. The van der Waals surface area contributed by atoms with Crippen LogP contribution in [0.1, 0.15) is 6.92 Å². The average molecular weight is 158 g/mol. The van der Waals surface area contributed by atoms with E-state index in [2.05, 4.69) is 17.1 Å². The summed E-state index contributed by atoms with van der Waals surface area (Å²) in [5.74, 6) is 0.424. The fourth-order valence-electron chi connectivity index (χ4n) is 1.39. The molecule has 0 aromatic heterocycles. The normalized spacial score (nSPS) is 23.5. The highest BCUT2D eigenvalue weighted by Gasteiger charge is 2.11. The van der Waals surface area contributed by atoms with Crippen molar-refractivity contribution in [1.29, 1.82) is 0 Å². The summed E-state index contributed by atoms with van der Waals surface area (Å²) in [6.45, 7) is 7.88. The Kier molecular flexibility index (Phi) is 3.83. The minimum Gasteiger partial charge on any atom is -0.396 e. The van der Waals surface area contributed by atoms with Gasteiger partial charge in [-0.15, -0.1) is 0 Å². The molecule has 0 aromatic rings. The van der Waals surface area contributed by atoms with E-state index in [0.717, 1.165) is 32.7 Å². The fourth-order valence-corrected chi connectivity index (χ4v) is 1.39. The van der Waals surface area contributed by atoms with Crippen LogP contribution in [0.4, 0.5) is 0 Å². The van der Waals surface area contributed by atoms with Crippen LogP contribution in [0.5, 0.6) is 0 Å². The van der Waals surface area contributed by atoms with Gasteiger partial charge in [0.15, 0.2) is 0 Å². The number of rotatable bonds is 3. The second-order valence-electron chi connectivity index (χ2n) is 3.34. The number of aliphatic hydroxyl groups is 1. The molecule has 1 saturated heterocycles. The van der Waals surface area contributed by atoms with Gasteiger partial charge in [-0.3, -0.25) is 0 Å².